The summed E-state index contributed by atoms with van der Waals surface area (Å²) in [5, 5.41) is 2.89. The summed E-state index contributed by atoms with van der Waals surface area (Å²) in [5.41, 5.74) is 1.85. The lowest BCUT2D eigenvalue weighted by Gasteiger charge is -2.18. The van der Waals surface area contributed by atoms with E-state index >= 15 is 0 Å². The first-order valence-corrected chi connectivity index (χ1v) is 8.29. The number of benzene rings is 2. The first-order valence-electron chi connectivity index (χ1n) is 8.29. The van der Waals surface area contributed by atoms with Gasteiger partial charge in [0.2, 0.25) is 0 Å². The number of aryl methyl sites for hydroxylation is 1. The van der Waals surface area contributed by atoms with Crippen LogP contribution < -0.4 is 14.8 Å². The van der Waals surface area contributed by atoms with Crippen molar-refractivity contribution in [3.8, 4) is 11.5 Å². The first kappa shape index (κ1) is 17.9. The minimum atomic E-state index is -0.539. The van der Waals surface area contributed by atoms with E-state index in [1.165, 1.54) is 0 Å². The second kappa shape index (κ2) is 8.39. The minimum absolute atomic E-state index is 0.0872. The topological polar surface area (TPSA) is 47.6 Å². The van der Waals surface area contributed by atoms with Gasteiger partial charge < -0.3 is 14.8 Å². The molecule has 1 atom stereocenters. The van der Waals surface area contributed by atoms with Crippen LogP contribution in [0.5, 0.6) is 11.5 Å². The zero-order valence-electron chi connectivity index (χ0n) is 14.7. The van der Waals surface area contributed by atoms with E-state index < -0.39 is 6.10 Å². The number of amides is 1. The smallest absolute Gasteiger partial charge is 0.265 e. The van der Waals surface area contributed by atoms with Crippen LogP contribution in [0.25, 0.3) is 0 Å². The SMILES string of the molecule is CC[C@H](Oc1ccc(C)cc1)C(=O)Nc1cccc(OC(C)C)c1. The van der Waals surface area contributed by atoms with Crippen LogP contribution in [-0.2, 0) is 4.79 Å². The molecular formula is C20H25NO3. The molecule has 0 unspecified atom stereocenters. The zero-order chi connectivity index (χ0) is 17.5. The van der Waals surface area contributed by atoms with Crippen LogP contribution in [0.3, 0.4) is 0 Å². The molecule has 2 aromatic carbocycles. The molecule has 128 valence electrons. The molecule has 0 aromatic heterocycles. The summed E-state index contributed by atoms with van der Waals surface area (Å²) >= 11 is 0. The highest BCUT2D eigenvalue weighted by molar-refractivity contribution is 5.94. The zero-order valence-corrected chi connectivity index (χ0v) is 14.7. The summed E-state index contributed by atoms with van der Waals surface area (Å²) in [6.07, 6.45) is 0.133. The predicted octanol–water partition coefficient (Wildman–Crippen LogP) is 4.58. The molecule has 0 bridgehead atoms. The third-order valence-corrected chi connectivity index (χ3v) is 3.44. The maximum absolute atomic E-state index is 12.5. The number of hydrogen-bond acceptors (Lipinski definition) is 3. The quantitative estimate of drug-likeness (QED) is 0.810. The Labute approximate surface area is 143 Å². The lowest BCUT2D eigenvalue weighted by molar-refractivity contribution is -0.122. The Morgan fingerprint density at radius 3 is 2.38 bits per heavy atom. The molecule has 0 aliphatic carbocycles. The molecule has 0 aliphatic heterocycles. The maximum Gasteiger partial charge on any atom is 0.265 e. The number of anilines is 1. The molecule has 0 saturated carbocycles. The monoisotopic (exact) mass is 327 g/mol. The number of hydrogen-bond donors (Lipinski definition) is 1. The number of carbonyl (C=O) groups excluding carboxylic acids is 1. The van der Waals surface area contributed by atoms with Crippen LogP contribution in [0.2, 0.25) is 0 Å². The molecule has 0 heterocycles. The summed E-state index contributed by atoms with van der Waals surface area (Å²) in [7, 11) is 0. The van der Waals surface area contributed by atoms with Crippen LogP contribution >= 0.6 is 0 Å². The third-order valence-electron chi connectivity index (χ3n) is 3.44. The third kappa shape index (κ3) is 5.30. The first-order chi connectivity index (χ1) is 11.5. The molecule has 1 amide bonds. The van der Waals surface area contributed by atoms with Crippen LogP contribution in [0.4, 0.5) is 5.69 Å². The van der Waals surface area contributed by atoms with Crippen molar-refractivity contribution in [2.75, 3.05) is 5.32 Å². The number of rotatable bonds is 7. The summed E-state index contributed by atoms with van der Waals surface area (Å²) < 4.78 is 11.5. The van der Waals surface area contributed by atoms with Gasteiger partial charge in [-0.3, -0.25) is 4.79 Å². The van der Waals surface area contributed by atoms with Crippen LogP contribution in [0.1, 0.15) is 32.8 Å². The fraction of sp³-hybridized carbons (Fsp3) is 0.350. The average Bonchev–Trinajstić information content (AvgIpc) is 2.54. The van der Waals surface area contributed by atoms with E-state index in [4.69, 9.17) is 9.47 Å². The molecule has 0 fully saturated rings. The fourth-order valence-corrected chi connectivity index (χ4v) is 2.25. The van der Waals surface area contributed by atoms with Crippen molar-refractivity contribution in [1.82, 2.24) is 0 Å². The lowest BCUT2D eigenvalue weighted by Crippen LogP contribution is -2.32. The Morgan fingerprint density at radius 1 is 1.04 bits per heavy atom. The summed E-state index contributed by atoms with van der Waals surface area (Å²) in [6.45, 7) is 7.87. The van der Waals surface area contributed by atoms with Gasteiger partial charge in [0, 0.05) is 11.8 Å². The predicted molar refractivity (Wildman–Crippen MR) is 96.7 cm³/mol. The molecule has 0 spiro atoms. The van der Waals surface area contributed by atoms with Crippen molar-refractivity contribution in [2.45, 2.75) is 46.3 Å². The summed E-state index contributed by atoms with van der Waals surface area (Å²) in [4.78, 5) is 12.5. The average molecular weight is 327 g/mol. The van der Waals surface area contributed by atoms with Gasteiger partial charge in [-0.05, 0) is 51.5 Å². The number of ether oxygens (including phenoxy) is 2. The van der Waals surface area contributed by atoms with Gasteiger partial charge in [0.05, 0.1) is 6.10 Å². The number of carbonyl (C=O) groups is 1. The molecule has 0 saturated heterocycles. The van der Waals surface area contributed by atoms with Crippen molar-refractivity contribution in [2.24, 2.45) is 0 Å². The van der Waals surface area contributed by atoms with Gasteiger partial charge in [-0.2, -0.15) is 0 Å². The molecule has 4 nitrogen and oxygen atoms in total. The molecule has 0 radical (unpaired) electrons. The lowest BCUT2D eigenvalue weighted by atomic mass is 10.2. The Bertz CT molecular complexity index is 665. The second-order valence-corrected chi connectivity index (χ2v) is 6.01. The van der Waals surface area contributed by atoms with E-state index in [9.17, 15) is 4.79 Å². The molecule has 0 aliphatic rings. The fourth-order valence-electron chi connectivity index (χ4n) is 2.25. The van der Waals surface area contributed by atoms with Gasteiger partial charge in [0.15, 0.2) is 6.10 Å². The Kier molecular flexibility index (Phi) is 6.24. The van der Waals surface area contributed by atoms with E-state index in [2.05, 4.69) is 5.32 Å². The molecular weight excluding hydrogens is 302 g/mol. The highest BCUT2D eigenvalue weighted by Crippen LogP contribution is 2.20. The molecule has 1 N–H and O–H groups in total. The van der Waals surface area contributed by atoms with Crippen LogP contribution in [0, 0.1) is 6.92 Å². The molecule has 4 heteroatoms. The molecule has 2 rings (SSSR count). The Hall–Kier alpha value is -2.49. The number of nitrogens with one attached hydrogen (secondary N) is 1. The summed E-state index contributed by atoms with van der Waals surface area (Å²) in [6, 6.07) is 15.1. The van der Waals surface area contributed by atoms with Crippen molar-refractivity contribution in [3.63, 3.8) is 0 Å². The van der Waals surface area contributed by atoms with E-state index in [0.29, 0.717) is 17.9 Å². The molecule has 2 aromatic rings. The van der Waals surface area contributed by atoms with Gasteiger partial charge in [-0.25, -0.2) is 0 Å². The van der Waals surface area contributed by atoms with Gasteiger partial charge in [0.25, 0.3) is 5.91 Å². The Morgan fingerprint density at radius 2 is 1.75 bits per heavy atom. The van der Waals surface area contributed by atoms with Gasteiger partial charge in [-0.15, -0.1) is 0 Å². The van der Waals surface area contributed by atoms with Crippen molar-refractivity contribution >= 4 is 11.6 Å². The van der Waals surface area contributed by atoms with Crippen molar-refractivity contribution in [3.05, 3.63) is 54.1 Å². The largest absolute Gasteiger partial charge is 0.491 e. The van der Waals surface area contributed by atoms with E-state index in [-0.39, 0.29) is 12.0 Å². The van der Waals surface area contributed by atoms with Gasteiger partial charge in [-0.1, -0.05) is 30.7 Å². The van der Waals surface area contributed by atoms with E-state index in [1.54, 1.807) is 0 Å². The van der Waals surface area contributed by atoms with E-state index in [1.807, 2.05) is 76.2 Å². The van der Waals surface area contributed by atoms with Crippen LogP contribution in [0.15, 0.2) is 48.5 Å². The highest BCUT2D eigenvalue weighted by Gasteiger charge is 2.18. The maximum atomic E-state index is 12.5. The minimum Gasteiger partial charge on any atom is -0.491 e. The highest BCUT2D eigenvalue weighted by atomic mass is 16.5. The second-order valence-electron chi connectivity index (χ2n) is 6.01. The normalized spacial score (nSPS) is 11.9. The van der Waals surface area contributed by atoms with E-state index in [0.717, 1.165) is 11.3 Å². The standard InChI is InChI=1S/C20H25NO3/c1-5-19(24-17-11-9-15(4)10-12-17)20(22)21-16-7-6-8-18(13-16)23-14(2)3/h6-14,19H,5H2,1-4H3,(H,21,22)/t19-/m0/s1. The summed E-state index contributed by atoms with van der Waals surface area (Å²) in [5.74, 6) is 1.26. The molecule has 24 heavy (non-hydrogen) atoms. The van der Waals surface area contributed by atoms with Gasteiger partial charge in [0.1, 0.15) is 11.5 Å². The van der Waals surface area contributed by atoms with Crippen molar-refractivity contribution in [1.29, 1.82) is 0 Å². The van der Waals surface area contributed by atoms with Gasteiger partial charge >= 0.3 is 0 Å². The Balaban J connectivity index is 2.02. The van der Waals surface area contributed by atoms with Crippen molar-refractivity contribution < 1.29 is 14.3 Å². The van der Waals surface area contributed by atoms with Crippen LogP contribution in [-0.4, -0.2) is 18.1 Å².